The number of unbranched alkanes of at least 4 members (excludes halogenated alkanes) is 7. The molecule has 0 radical (unpaired) electrons. The Morgan fingerprint density at radius 1 is 1.07 bits per heavy atom. The number of alkyl halides is 3. The number of nitrogens with one attached hydrogen (secondary N) is 1. The molecule has 0 bridgehead atoms. The molecule has 0 saturated carbocycles. The fraction of sp³-hybridized carbons (Fsp3) is 0.545. The van der Waals surface area contributed by atoms with Crippen molar-refractivity contribution >= 4 is 11.9 Å². The van der Waals surface area contributed by atoms with Gasteiger partial charge in [0.25, 0.3) is 5.91 Å². The smallest absolute Gasteiger partial charge is 0.417 e. The van der Waals surface area contributed by atoms with E-state index in [0.29, 0.717) is 0 Å². The van der Waals surface area contributed by atoms with Gasteiger partial charge < -0.3 is 10.1 Å². The first kappa shape index (κ1) is 24.7. The number of allylic oxidation sites excluding steroid dienone is 1. The van der Waals surface area contributed by atoms with Crippen LogP contribution in [0.2, 0.25) is 0 Å². The summed E-state index contributed by atoms with van der Waals surface area (Å²) in [7, 11) is 0. The van der Waals surface area contributed by atoms with Crippen LogP contribution in [-0.4, -0.2) is 24.5 Å². The van der Waals surface area contributed by atoms with Gasteiger partial charge in [-0.1, -0.05) is 50.3 Å². The molecular weight excluding hydrogens is 383 g/mol. The Labute approximate surface area is 170 Å². The normalized spacial score (nSPS) is 12.3. The second-order valence-electron chi connectivity index (χ2n) is 6.96. The summed E-state index contributed by atoms with van der Waals surface area (Å²) < 4.78 is 44.1. The first-order chi connectivity index (χ1) is 13.8. The van der Waals surface area contributed by atoms with Crippen LogP contribution < -0.4 is 5.32 Å². The van der Waals surface area contributed by atoms with E-state index in [0.717, 1.165) is 50.7 Å². The Morgan fingerprint density at radius 3 is 2.28 bits per heavy atom. The van der Waals surface area contributed by atoms with Crippen LogP contribution in [0.5, 0.6) is 0 Å². The molecular formula is C22H30F3NO3. The van der Waals surface area contributed by atoms with Gasteiger partial charge in [-0.05, 0) is 38.3 Å². The van der Waals surface area contributed by atoms with Crippen molar-refractivity contribution in [1.29, 1.82) is 0 Å². The quantitative estimate of drug-likeness (QED) is 0.257. The molecule has 0 saturated heterocycles. The Kier molecular flexibility index (Phi) is 11.1. The van der Waals surface area contributed by atoms with Crippen LogP contribution in [0, 0.1) is 0 Å². The van der Waals surface area contributed by atoms with Crippen molar-refractivity contribution in [2.75, 3.05) is 6.61 Å². The molecule has 0 spiro atoms. The van der Waals surface area contributed by atoms with E-state index >= 15 is 0 Å². The van der Waals surface area contributed by atoms with E-state index in [1.807, 2.05) is 6.08 Å². The number of amides is 1. The molecule has 1 rings (SSSR count). The van der Waals surface area contributed by atoms with Crippen LogP contribution in [0.15, 0.2) is 36.9 Å². The fourth-order valence-corrected chi connectivity index (χ4v) is 2.83. The van der Waals surface area contributed by atoms with Gasteiger partial charge in [0.15, 0.2) is 0 Å². The zero-order valence-corrected chi connectivity index (χ0v) is 16.9. The first-order valence-corrected chi connectivity index (χ1v) is 10.0. The van der Waals surface area contributed by atoms with E-state index in [1.165, 1.54) is 31.9 Å². The lowest BCUT2D eigenvalue weighted by Crippen LogP contribution is -2.40. The number of esters is 1. The predicted molar refractivity (Wildman–Crippen MR) is 106 cm³/mol. The van der Waals surface area contributed by atoms with Gasteiger partial charge in [0.05, 0.1) is 17.7 Å². The molecule has 0 aliphatic carbocycles. The van der Waals surface area contributed by atoms with Crippen molar-refractivity contribution in [1.82, 2.24) is 5.32 Å². The molecule has 162 valence electrons. The Hall–Kier alpha value is -2.31. The van der Waals surface area contributed by atoms with Crippen molar-refractivity contribution in [3.8, 4) is 0 Å². The summed E-state index contributed by atoms with van der Waals surface area (Å²) in [4.78, 5) is 24.1. The second kappa shape index (κ2) is 13.0. The second-order valence-corrected chi connectivity index (χ2v) is 6.96. The largest absolute Gasteiger partial charge is 0.464 e. The molecule has 7 heteroatoms. The van der Waals surface area contributed by atoms with E-state index in [4.69, 9.17) is 4.74 Å². The molecule has 1 aromatic carbocycles. The molecule has 1 unspecified atom stereocenters. The maximum absolute atomic E-state index is 13.0. The molecule has 0 fully saturated rings. The third-order valence-corrected chi connectivity index (χ3v) is 4.48. The highest BCUT2D eigenvalue weighted by molar-refractivity contribution is 5.98. The summed E-state index contributed by atoms with van der Waals surface area (Å²) in [6.07, 6.45) is 5.71. The van der Waals surface area contributed by atoms with Crippen molar-refractivity contribution in [3.63, 3.8) is 0 Å². The minimum Gasteiger partial charge on any atom is -0.464 e. The van der Waals surface area contributed by atoms with Crippen molar-refractivity contribution in [2.45, 2.75) is 70.5 Å². The number of rotatable bonds is 13. The maximum atomic E-state index is 13.0. The number of halogens is 3. The minimum absolute atomic E-state index is 0.231. The highest BCUT2D eigenvalue weighted by Crippen LogP contribution is 2.31. The molecule has 0 heterocycles. The van der Waals surface area contributed by atoms with E-state index < -0.39 is 35.2 Å². The predicted octanol–water partition coefficient (Wildman–Crippen LogP) is 5.67. The topological polar surface area (TPSA) is 55.4 Å². The van der Waals surface area contributed by atoms with Gasteiger partial charge in [0.2, 0.25) is 0 Å². The van der Waals surface area contributed by atoms with Gasteiger partial charge in [-0.15, -0.1) is 6.58 Å². The number of carbonyl (C=O) groups is 2. The van der Waals surface area contributed by atoms with Gasteiger partial charge in [0.1, 0.15) is 6.04 Å². The number of ether oxygens (including phenoxy) is 1. The summed E-state index contributed by atoms with van der Waals surface area (Å²) in [5.41, 5.74) is -1.56. The Bertz CT molecular complexity index is 659. The lowest BCUT2D eigenvalue weighted by molar-refractivity contribution is -0.145. The molecule has 0 aromatic heterocycles. The Balaban J connectivity index is 2.30. The van der Waals surface area contributed by atoms with Gasteiger partial charge in [-0.3, -0.25) is 4.79 Å². The third-order valence-electron chi connectivity index (χ3n) is 4.48. The van der Waals surface area contributed by atoms with Crippen LogP contribution in [0.25, 0.3) is 0 Å². The monoisotopic (exact) mass is 413 g/mol. The average molecular weight is 413 g/mol. The van der Waals surface area contributed by atoms with Gasteiger partial charge in [-0.25, -0.2) is 4.79 Å². The van der Waals surface area contributed by atoms with E-state index in [1.54, 1.807) is 0 Å². The van der Waals surface area contributed by atoms with Crippen LogP contribution in [0.3, 0.4) is 0 Å². The van der Waals surface area contributed by atoms with Crippen molar-refractivity contribution in [3.05, 3.63) is 48.0 Å². The lowest BCUT2D eigenvalue weighted by Gasteiger charge is -2.16. The van der Waals surface area contributed by atoms with Gasteiger partial charge in [0, 0.05) is 0 Å². The number of hydrogen-bond donors (Lipinski definition) is 1. The minimum atomic E-state index is -4.65. The maximum Gasteiger partial charge on any atom is 0.417 e. The standard InChI is InChI=1S/C22H30F3NO3/c1-3-4-5-6-7-8-9-10-13-16-29-21(28)17(2)26-20(27)18-14-11-12-15-19(18)22(23,24)25/h3,11-12,14-15,17H,1,4-10,13,16H2,2H3,(H,26,27). The number of benzene rings is 1. The van der Waals surface area contributed by atoms with Crippen molar-refractivity contribution < 1.29 is 27.5 Å². The summed E-state index contributed by atoms with van der Waals surface area (Å²) in [6, 6.07) is 3.42. The van der Waals surface area contributed by atoms with E-state index in [-0.39, 0.29) is 6.61 Å². The summed E-state index contributed by atoms with van der Waals surface area (Å²) in [6.45, 7) is 5.31. The van der Waals surface area contributed by atoms with Crippen LogP contribution >= 0.6 is 0 Å². The molecule has 1 atom stereocenters. The molecule has 4 nitrogen and oxygen atoms in total. The molecule has 0 aliphatic heterocycles. The molecule has 0 aliphatic rings. The number of hydrogen-bond acceptors (Lipinski definition) is 3. The molecule has 29 heavy (non-hydrogen) atoms. The molecule has 1 aromatic rings. The molecule has 1 N–H and O–H groups in total. The van der Waals surface area contributed by atoms with E-state index in [9.17, 15) is 22.8 Å². The van der Waals surface area contributed by atoms with Gasteiger partial charge in [-0.2, -0.15) is 13.2 Å². The highest BCUT2D eigenvalue weighted by atomic mass is 19.4. The van der Waals surface area contributed by atoms with Crippen LogP contribution in [0.1, 0.15) is 74.2 Å². The summed E-state index contributed by atoms with van der Waals surface area (Å²) >= 11 is 0. The van der Waals surface area contributed by atoms with Crippen LogP contribution in [0.4, 0.5) is 13.2 Å². The first-order valence-electron chi connectivity index (χ1n) is 10.0. The third kappa shape index (κ3) is 9.63. The Morgan fingerprint density at radius 2 is 1.66 bits per heavy atom. The number of carbonyl (C=O) groups excluding carboxylic acids is 2. The van der Waals surface area contributed by atoms with Gasteiger partial charge >= 0.3 is 12.1 Å². The average Bonchev–Trinajstić information content (AvgIpc) is 2.68. The van der Waals surface area contributed by atoms with Crippen LogP contribution in [-0.2, 0) is 15.7 Å². The van der Waals surface area contributed by atoms with E-state index in [2.05, 4.69) is 11.9 Å². The SMILES string of the molecule is C=CCCCCCCCCCOC(=O)C(C)NC(=O)c1ccccc1C(F)(F)F. The fourth-order valence-electron chi connectivity index (χ4n) is 2.83. The van der Waals surface area contributed by atoms with Crippen molar-refractivity contribution in [2.24, 2.45) is 0 Å². The zero-order valence-electron chi connectivity index (χ0n) is 16.9. The highest BCUT2D eigenvalue weighted by Gasteiger charge is 2.35. The zero-order chi connectivity index (χ0) is 21.7. The summed E-state index contributed by atoms with van der Waals surface area (Å²) in [5.74, 6) is -1.62. The molecule has 1 amide bonds. The lowest BCUT2D eigenvalue weighted by atomic mass is 10.1. The summed E-state index contributed by atoms with van der Waals surface area (Å²) in [5, 5.41) is 2.27.